The predicted octanol–water partition coefficient (Wildman–Crippen LogP) is 4.34. The molecule has 4 aromatic rings. The molecule has 2 aromatic heterocycles. The molecule has 8 nitrogen and oxygen atoms in total. The van der Waals surface area contributed by atoms with E-state index in [0.29, 0.717) is 34.6 Å². The Kier molecular flexibility index (Phi) is 6.77. The molecule has 0 radical (unpaired) electrons. The van der Waals surface area contributed by atoms with Gasteiger partial charge in [-0.25, -0.2) is 4.98 Å². The molecule has 5 rings (SSSR count). The van der Waals surface area contributed by atoms with Crippen molar-refractivity contribution in [2.45, 2.75) is 32.7 Å². The molecule has 1 aliphatic heterocycles. The quantitative estimate of drug-likeness (QED) is 0.423. The van der Waals surface area contributed by atoms with E-state index in [2.05, 4.69) is 25.7 Å². The van der Waals surface area contributed by atoms with Crippen LogP contribution in [0.5, 0.6) is 0 Å². The summed E-state index contributed by atoms with van der Waals surface area (Å²) < 4.78 is 5.42. The molecule has 0 saturated carbocycles. The molecule has 1 aliphatic rings. The molecule has 0 spiro atoms. The van der Waals surface area contributed by atoms with Gasteiger partial charge in [-0.15, -0.1) is 0 Å². The highest BCUT2D eigenvalue weighted by Crippen LogP contribution is 2.27. The summed E-state index contributed by atoms with van der Waals surface area (Å²) in [6, 6.07) is 19.3. The van der Waals surface area contributed by atoms with E-state index in [0.717, 1.165) is 42.7 Å². The van der Waals surface area contributed by atoms with E-state index in [1.54, 1.807) is 0 Å². The van der Waals surface area contributed by atoms with Crippen LogP contribution in [0.15, 0.2) is 65.2 Å². The first kappa shape index (κ1) is 23.7. The lowest BCUT2D eigenvalue weighted by Gasteiger charge is -2.31. The predicted molar refractivity (Wildman–Crippen MR) is 139 cm³/mol. The Morgan fingerprint density at radius 1 is 1.03 bits per heavy atom. The Labute approximate surface area is 209 Å². The Morgan fingerprint density at radius 3 is 2.47 bits per heavy atom. The van der Waals surface area contributed by atoms with Crippen molar-refractivity contribution in [2.24, 2.45) is 0 Å². The maximum atomic E-state index is 13.4. The van der Waals surface area contributed by atoms with Crippen LogP contribution in [0.1, 0.15) is 34.5 Å². The minimum absolute atomic E-state index is 0.0251. The Morgan fingerprint density at radius 2 is 1.75 bits per heavy atom. The number of nitrogens with one attached hydrogen (secondary N) is 2. The number of rotatable bonds is 6. The lowest BCUT2D eigenvalue weighted by atomic mass is 10.0. The van der Waals surface area contributed by atoms with Gasteiger partial charge in [-0.05, 0) is 44.9 Å². The van der Waals surface area contributed by atoms with Gasteiger partial charge >= 0.3 is 0 Å². The molecular formula is C28H29N5O3. The van der Waals surface area contributed by atoms with Crippen LogP contribution in [0.25, 0.3) is 22.4 Å². The van der Waals surface area contributed by atoms with Crippen molar-refractivity contribution in [2.75, 3.05) is 25.0 Å². The normalized spacial score (nSPS) is 14.6. The number of hydrogen-bond acceptors (Lipinski definition) is 6. The van der Waals surface area contributed by atoms with Gasteiger partial charge in [-0.3, -0.25) is 14.5 Å². The van der Waals surface area contributed by atoms with Crippen LogP contribution in [0.4, 0.5) is 5.69 Å². The first-order valence-electron chi connectivity index (χ1n) is 12.2. The third kappa shape index (κ3) is 5.28. The largest absolute Gasteiger partial charge is 0.349 e. The number of likely N-dealkylation sites (tertiary alicyclic amines) is 1. The van der Waals surface area contributed by atoms with Crippen LogP contribution in [0.2, 0.25) is 0 Å². The summed E-state index contributed by atoms with van der Waals surface area (Å²) in [5.74, 6) is -0.197. The first-order chi connectivity index (χ1) is 17.5. The van der Waals surface area contributed by atoms with Crippen LogP contribution in [0.3, 0.4) is 0 Å². The number of aryl methyl sites for hydroxylation is 2. The molecule has 3 heterocycles. The van der Waals surface area contributed by atoms with Crippen molar-refractivity contribution in [1.82, 2.24) is 20.4 Å². The lowest BCUT2D eigenvalue weighted by Crippen LogP contribution is -2.46. The smallest absolute Gasteiger partial charge is 0.259 e. The molecular weight excluding hydrogens is 454 g/mol. The molecule has 0 bridgehead atoms. The molecule has 0 aliphatic carbocycles. The molecule has 8 heteroatoms. The van der Waals surface area contributed by atoms with Gasteiger partial charge in [-0.2, -0.15) is 0 Å². The van der Waals surface area contributed by atoms with Crippen LogP contribution < -0.4 is 10.6 Å². The minimum atomic E-state index is -0.165. The number of nitrogens with zero attached hydrogens (tertiary/aromatic N) is 3. The lowest BCUT2D eigenvalue weighted by molar-refractivity contribution is -0.117. The molecule has 0 unspecified atom stereocenters. The van der Waals surface area contributed by atoms with E-state index in [1.165, 1.54) is 0 Å². The second-order valence-corrected chi connectivity index (χ2v) is 9.31. The zero-order valence-electron chi connectivity index (χ0n) is 20.5. The van der Waals surface area contributed by atoms with E-state index >= 15 is 0 Å². The Bertz CT molecular complexity index is 1370. The Balaban J connectivity index is 1.24. The maximum Gasteiger partial charge on any atom is 0.259 e. The van der Waals surface area contributed by atoms with Crippen LogP contribution in [0, 0.1) is 13.8 Å². The number of carbonyl (C=O) groups is 2. The summed E-state index contributed by atoms with van der Waals surface area (Å²) in [4.78, 5) is 32.5. The van der Waals surface area contributed by atoms with Crippen molar-refractivity contribution in [1.29, 1.82) is 0 Å². The molecule has 2 N–H and O–H groups in total. The summed E-state index contributed by atoms with van der Waals surface area (Å²) in [7, 11) is 0. The standard InChI is InChI=1S/C28H29N5O3/c1-18-8-10-20(11-9-18)24-16-23(26-19(2)32-36-28(26)31-24)27(35)30-22-12-14-33(15-13-22)17-25(34)29-21-6-4-3-5-7-21/h3-11,16,22H,12-15,17H2,1-2H3,(H,29,34)(H,30,35). The molecule has 184 valence electrons. The van der Waals surface area contributed by atoms with Gasteiger partial charge in [0.25, 0.3) is 11.6 Å². The molecule has 2 aromatic carbocycles. The Hall–Kier alpha value is -4.04. The second-order valence-electron chi connectivity index (χ2n) is 9.31. The van der Waals surface area contributed by atoms with Crippen molar-refractivity contribution >= 4 is 28.6 Å². The molecule has 0 atom stereocenters. The van der Waals surface area contributed by atoms with Gasteiger partial charge in [0, 0.05) is 30.4 Å². The fourth-order valence-corrected chi connectivity index (χ4v) is 4.57. The highest BCUT2D eigenvalue weighted by atomic mass is 16.5. The fraction of sp³-hybridized carbons (Fsp3) is 0.286. The van der Waals surface area contributed by atoms with Crippen LogP contribution in [-0.2, 0) is 4.79 Å². The average molecular weight is 484 g/mol. The highest BCUT2D eigenvalue weighted by Gasteiger charge is 2.25. The van der Waals surface area contributed by atoms with Crippen LogP contribution in [-0.4, -0.2) is 52.5 Å². The van der Waals surface area contributed by atoms with Gasteiger partial charge in [0.2, 0.25) is 5.91 Å². The third-order valence-electron chi connectivity index (χ3n) is 6.56. The van der Waals surface area contributed by atoms with E-state index in [-0.39, 0.29) is 17.9 Å². The monoisotopic (exact) mass is 483 g/mol. The SMILES string of the molecule is Cc1ccc(-c2cc(C(=O)NC3CCN(CC(=O)Nc4ccccc4)CC3)c3c(C)noc3n2)cc1. The maximum absolute atomic E-state index is 13.4. The zero-order chi connectivity index (χ0) is 25.1. The van der Waals surface area contributed by atoms with E-state index in [4.69, 9.17) is 4.52 Å². The van der Waals surface area contributed by atoms with E-state index in [9.17, 15) is 9.59 Å². The third-order valence-corrected chi connectivity index (χ3v) is 6.56. The van der Waals surface area contributed by atoms with Crippen LogP contribution >= 0.6 is 0 Å². The summed E-state index contributed by atoms with van der Waals surface area (Å²) in [6.07, 6.45) is 1.54. The highest BCUT2D eigenvalue weighted by molar-refractivity contribution is 6.07. The first-order valence-corrected chi connectivity index (χ1v) is 12.2. The minimum Gasteiger partial charge on any atom is -0.349 e. The topological polar surface area (TPSA) is 100 Å². The zero-order valence-corrected chi connectivity index (χ0v) is 20.5. The molecule has 1 saturated heterocycles. The van der Waals surface area contributed by atoms with Crippen molar-refractivity contribution in [3.63, 3.8) is 0 Å². The van der Waals surface area contributed by atoms with E-state index < -0.39 is 0 Å². The van der Waals surface area contributed by atoms with Gasteiger partial charge in [0.1, 0.15) is 0 Å². The van der Waals surface area contributed by atoms with Gasteiger partial charge in [-0.1, -0.05) is 53.2 Å². The molecule has 2 amide bonds. The summed E-state index contributed by atoms with van der Waals surface area (Å²) >= 11 is 0. The number of aromatic nitrogens is 2. The summed E-state index contributed by atoms with van der Waals surface area (Å²) in [6.45, 7) is 5.65. The number of carbonyl (C=O) groups excluding carboxylic acids is 2. The second kappa shape index (κ2) is 10.3. The number of para-hydroxylation sites is 1. The number of amides is 2. The summed E-state index contributed by atoms with van der Waals surface area (Å²) in [5.41, 5.74) is 5.03. The van der Waals surface area contributed by atoms with Crippen molar-refractivity contribution in [3.05, 3.63) is 77.5 Å². The van der Waals surface area contributed by atoms with Crippen molar-refractivity contribution < 1.29 is 14.1 Å². The summed E-state index contributed by atoms with van der Waals surface area (Å²) in [5, 5.41) is 10.8. The number of benzene rings is 2. The number of pyridine rings is 1. The number of anilines is 1. The average Bonchev–Trinajstić information content (AvgIpc) is 3.26. The van der Waals surface area contributed by atoms with E-state index in [1.807, 2.05) is 74.5 Å². The number of fused-ring (bicyclic) bond motifs is 1. The molecule has 36 heavy (non-hydrogen) atoms. The molecule has 1 fully saturated rings. The fourth-order valence-electron chi connectivity index (χ4n) is 4.57. The van der Waals surface area contributed by atoms with Crippen molar-refractivity contribution in [3.8, 4) is 11.3 Å². The number of piperidine rings is 1. The van der Waals surface area contributed by atoms with Gasteiger partial charge in [0.15, 0.2) is 0 Å². The van der Waals surface area contributed by atoms with Gasteiger partial charge in [0.05, 0.1) is 28.9 Å². The van der Waals surface area contributed by atoms with Gasteiger partial charge < -0.3 is 15.2 Å². The number of hydrogen-bond donors (Lipinski definition) is 2.